The number of carbonyl (C=O) groups is 1. The lowest BCUT2D eigenvalue weighted by atomic mass is 10.2. The molecule has 92 valence electrons. The SMILES string of the molecule is O=C(Oc1ccc(Cl)cc1Br)c1ccc(Br)cc1. The van der Waals surface area contributed by atoms with Gasteiger partial charge in [0.25, 0.3) is 0 Å². The summed E-state index contributed by atoms with van der Waals surface area (Å²) in [6.45, 7) is 0. The van der Waals surface area contributed by atoms with Crippen molar-refractivity contribution >= 4 is 49.4 Å². The van der Waals surface area contributed by atoms with Gasteiger partial charge in [0.05, 0.1) is 10.0 Å². The highest BCUT2D eigenvalue weighted by atomic mass is 79.9. The molecule has 0 fully saturated rings. The van der Waals surface area contributed by atoms with Gasteiger partial charge >= 0.3 is 5.97 Å². The number of hydrogen-bond donors (Lipinski definition) is 0. The largest absolute Gasteiger partial charge is 0.422 e. The van der Waals surface area contributed by atoms with Gasteiger partial charge in [-0.3, -0.25) is 0 Å². The summed E-state index contributed by atoms with van der Waals surface area (Å²) in [4.78, 5) is 11.9. The van der Waals surface area contributed by atoms with Gasteiger partial charge in [0, 0.05) is 9.50 Å². The fourth-order valence-corrected chi connectivity index (χ4v) is 2.33. The Kier molecular flexibility index (Phi) is 4.43. The molecule has 18 heavy (non-hydrogen) atoms. The van der Waals surface area contributed by atoms with Gasteiger partial charge in [-0.05, 0) is 58.4 Å². The summed E-state index contributed by atoms with van der Waals surface area (Å²) >= 11 is 12.4. The number of hydrogen-bond acceptors (Lipinski definition) is 2. The van der Waals surface area contributed by atoms with Crippen LogP contribution < -0.4 is 4.74 Å². The molecule has 0 aliphatic carbocycles. The summed E-state index contributed by atoms with van der Waals surface area (Å²) < 4.78 is 6.81. The van der Waals surface area contributed by atoms with Crippen LogP contribution in [0.4, 0.5) is 0 Å². The third kappa shape index (κ3) is 3.34. The van der Waals surface area contributed by atoms with Crippen molar-refractivity contribution in [2.45, 2.75) is 0 Å². The topological polar surface area (TPSA) is 26.3 Å². The molecule has 0 aliphatic rings. The van der Waals surface area contributed by atoms with Crippen LogP contribution in [-0.4, -0.2) is 5.97 Å². The molecule has 0 saturated carbocycles. The van der Waals surface area contributed by atoms with Gasteiger partial charge in [-0.1, -0.05) is 27.5 Å². The van der Waals surface area contributed by atoms with Crippen molar-refractivity contribution in [3.05, 3.63) is 62.0 Å². The Morgan fingerprint density at radius 2 is 1.72 bits per heavy atom. The first kappa shape index (κ1) is 13.6. The Hall–Kier alpha value is -0.840. The zero-order valence-electron chi connectivity index (χ0n) is 8.99. The maximum atomic E-state index is 11.9. The number of rotatable bonds is 2. The third-order valence-corrected chi connectivity index (χ3v) is 3.56. The number of esters is 1. The van der Waals surface area contributed by atoms with E-state index in [0.717, 1.165) is 4.47 Å². The summed E-state index contributed by atoms with van der Waals surface area (Å²) in [6.07, 6.45) is 0. The van der Waals surface area contributed by atoms with Crippen LogP contribution in [0.25, 0.3) is 0 Å². The lowest BCUT2D eigenvalue weighted by molar-refractivity contribution is 0.0733. The Labute approximate surface area is 126 Å². The quantitative estimate of drug-likeness (QED) is 0.528. The number of halogens is 3. The molecule has 0 spiro atoms. The van der Waals surface area contributed by atoms with E-state index in [9.17, 15) is 4.79 Å². The molecule has 0 amide bonds. The summed E-state index contributed by atoms with van der Waals surface area (Å²) in [6, 6.07) is 11.9. The van der Waals surface area contributed by atoms with Crippen LogP contribution in [0.15, 0.2) is 51.4 Å². The monoisotopic (exact) mass is 388 g/mol. The van der Waals surface area contributed by atoms with E-state index in [4.69, 9.17) is 16.3 Å². The van der Waals surface area contributed by atoms with Gasteiger partial charge < -0.3 is 4.74 Å². The van der Waals surface area contributed by atoms with Crippen LogP contribution in [0.1, 0.15) is 10.4 Å². The Bertz CT molecular complexity index is 582. The number of benzene rings is 2. The van der Waals surface area contributed by atoms with Gasteiger partial charge in [0.15, 0.2) is 0 Å². The third-order valence-electron chi connectivity index (χ3n) is 2.18. The molecule has 0 bridgehead atoms. The number of carbonyl (C=O) groups excluding carboxylic acids is 1. The maximum absolute atomic E-state index is 11.9. The van der Waals surface area contributed by atoms with E-state index in [1.807, 2.05) is 0 Å². The summed E-state index contributed by atoms with van der Waals surface area (Å²) in [5.41, 5.74) is 0.486. The average molecular weight is 390 g/mol. The van der Waals surface area contributed by atoms with Crippen LogP contribution in [0, 0.1) is 0 Å². The van der Waals surface area contributed by atoms with Crippen LogP contribution >= 0.6 is 43.5 Å². The highest BCUT2D eigenvalue weighted by Gasteiger charge is 2.10. The lowest BCUT2D eigenvalue weighted by Crippen LogP contribution is -2.08. The standard InChI is InChI=1S/C13H7Br2ClO2/c14-9-3-1-8(2-4-9)13(17)18-12-6-5-10(16)7-11(12)15/h1-7H. The highest BCUT2D eigenvalue weighted by Crippen LogP contribution is 2.28. The molecular weight excluding hydrogens is 383 g/mol. The van der Waals surface area contributed by atoms with Gasteiger partial charge in [-0.15, -0.1) is 0 Å². The van der Waals surface area contributed by atoms with Crippen molar-refractivity contribution in [1.29, 1.82) is 0 Å². The molecule has 0 aliphatic heterocycles. The van der Waals surface area contributed by atoms with Gasteiger partial charge in [0.1, 0.15) is 5.75 Å². The van der Waals surface area contributed by atoms with E-state index in [1.165, 1.54) is 0 Å². The van der Waals surface area contributed by atoms with E-state index >= 15 is 0 Å². The Morgan fingerprint density at radius 3 is 2.33 bits per heavy atom. The predicted octanol–water partition coefficient (Wildman–Crippen LogP) is 5.08. The van der Waals surface area contributed by atoms with E-state index in [2.05, 4.69) is 31.9 Å². The van der Waals surface area contributed by atoms with Crippen molar-refractivity contribution in [2.75, 3.05) is 0 Å². The summed E-state index contributed by atoms with van der Waals surface area (Å²) in [7, 11) is 0. The molecule has 0 radical (unpaired) electrons. The molecule has 0 saturated heterocycles. The van der Waals surface area contributed by atoms with Gasteiger partial charge in [0.2, 0.25) is 0 Å². The first-order chi connectivity index (χ1) is 8.56. The fourth-order valence-electron chi connectivity index (χ4n) is 1.30. The zero-order valence-corrected chi connectivity index (χ0v) is 12.9. The minimum Gasteiger partial charge on any atom is -0.422 e. The smallest absolute Gasteiger partial charge is 0.343 e. The Morgan fingerprint density at radius 1 is 1.06 bits per heavy atom. The second kappa shape index (κ2) is 5.87. The molecule has 5 heteroatoms. The minimum atomic E-state index is -0.412. The minimum absolute atomic E-state index is 0.412. The van der Waals surface area contributed by atoms with E-state index in [-0.39, 0.29) is 0 Å². The molecule has 2 nitrogen and oxygen atoms in total. The van der Waals surface area contributed by atoms with E-state index in [0.29, 0.717) is 20.8 Å². The molecule has 0 aromatic heterocycles. The molecule has 0 heterocycles. The molecule has 0 unspecified atom stereocenters. The maximum Gasteiger partial charge on any atom is 0.343 e. The van der Waals surface area contributed by atoms with Gasteiger partial charge in [-0.2, -0.15) is 0 Å². The second-order valence-electron chi connectivity index (χ2n) is 3.47. The van der Waals surface area contributed by atoms with Crippen molar-refractivity contribution in [2.24, 2.45) is 0 Å². The second-order valence-corrected chi connectivity index (χ2v) is 5.68. The van der Waals surface area contributed by atoms with Crippen molar-refractivity contribution in [3.8, 4) is 5.75 Å². The normalized spacial score (nSPS) is 10.2. The first-order valence-electron chi connectivity index (χ1n) is 4.99. The van der Waals surface area contributed by atoms with E-state index < -0.39 is 5.97 Å². The number of ether oxygens (including phenoxy) is 1. The van der Waals surface area contributed by atoms with Crippen LogP contribution in [0.2, 0.25) is 5.02 Å². The van der Waals surface area contributed by atoms with Crippen LogP contribution in [0.3, 0.4) is 0 Å². The first-order valence-corrected chi connectivity index (χ1v) is 6.95. The average Bonchev–Trinajstić information content (AvgIpc) is 2.33. The molecule has 0 N–H and O–H groups in total. The van der Waals surface area contributed by atoms with Crippen molar-refractivity contribution < 1.29 is 9.53 Å². The van der Waals surface area contributed by atoms with E-state index in [1.54, 1.807) is 42.5 Å². The molecule has 2 aromatic carbocycles. The molecule has 0 atom stereocenters. The molecule has 2 aromatic rings. The Balaban J connectivity index is 2.18. The van der Waals surface area contributed by atoms with Crippen LogP contribution in [0.5, 0.6) is 5.75 Å². The van der Waals surface area contributed by atoms with Crippen molar-refractivity contribution in [3.63, 3.8) is 0 Å². The van der Waals surface area contributed by atoms with Gasteiger partial charge in [-0.25, -0.2) is 4.79 Å². The van der Waals surface area contributed by atoms with Crippen LogP contribution in [-0.2, 0) is 0 Å². The summed E-state index contributed by atoms with van der Waals surface area (Å²) in [5, 5.41) is 0.574. The fraction of sp³-hybridized carbons (Fsp3) is 0. The molecule has 2 rings (SSSR count). The summed E-state index contributed by atoms with van der Waals surface area (Å²) in [5.74, 6) is 0.0258. The predicted molar refractivity (Wildman–Crippen MR) is 78.3 cm³/mol. The van der Waals surface area contributed by atoms with Crippen molar-refractivity contribution in [1.82, 2.24) is 0 Å². The molecular formula is C13H7Br2ClO2. The highest BCUT2D eigenvalue weighted by molar-refractivity contribution is 9.10. The lowest BCUT2D eigenvalue weighted by Gasteiger charge is -2.06. The zero-order chi connectivity index (χ0) is 13.1.